The van der Waals surface area contributed by atoms with Crippen LogP contribution >= 0.6 is 0 Å². The molecule has 1 aromatic heterocycles. The SMILES string of the molecule is CC(C)NCc1ccc(CS(=O)(=O)C2CCOCC2)o1. The van der Waals surface area contributed by atoms with E-state index in [-0.39, 0.29) is 11.0 Å². The highest BCUT2D eigenvalue weighted by atomic mass is 32.2. The van der Waals surface area contributed by atoms with Gasteiger partial charge in [0.1, 0.15) is 17.3 Å². The monoisotopic (exact) mass is 301 g/mol. The molecule has 0 amide bonds. The molecule has 1 fully saturated rings. The second-order valence-corrected chi connectivity index (χ2v) is 7.80. The van der Waals surface area contributed by atoms with E-state index < -0.39 is 9.84 Å². The first-order chi connectivity index (χ1) is 9.47. The highest BCUT2D eigenvalue weighted by Crippen LogP contribution is 2.21. The van der Waals surface area contributed by atoms with Gasteiger partial charge in [-0.3, -0.25) is 0 Å². The van der Waals surface area contributed by atoms with Crippen molar-refractivity contribution in [2.45, 2.75) is 50.3 Å². The van der Waals surface area contributed by atoms with Crippen LogP contribution in [-0.2, 0) is 26.9 Å². The molecular weight excluding hydrogens is 278 g/mol. The summed E-state index contributed by atoms with van der Waals surface area (Å²) in [6.07, 6.45) is 1.18. The van der Waals surface area contributed by atoms with E-state index in [1.807, 2.05) is 6.07 Å². The van der Waals surface area contributed by atoms with E-state index in [4.69, 9.17) is 9.15 Å². The minimum atomic E-state index is -3.15. The topological polar surface area (TPSA) is 68.5 Å². The van der Waals surface area contributed by atoms with Gasteiger partial charge in [-0.25, -0.2) is 8.42 Å². The number of hydrogen-bond donors (Lipinski definition) is 1. The van der Waals surface area contributed by atoms with Gasteiger partial charge >= 0.3 is 0 Å². The zero-order chi connectivity index (χ0) is 14.6. The summed E-state index contributed by atoms with van der Waals surface area (Å²) in [7, 11) is -3.15. The first-order valence-corrected chi connectivity index (χ1v) is 8.79. The third-order valence-corrected chi connectivity index (χ3v) is 5.60. The van der Waals surface area contributed by atoms with Gasteiger partial charge in [-0.15, -0.1) is 0 Å². The molecular formula is C14H23NO4S. The summed E-state index contributed by atoms with van der Waals surface area (Å²) in [5, 5.41) is 2.95. The van der Waals surface area contributed by atoms with Crippen LogP contribution in [-0.4, -0.2) is 32.9 Å². The summed E-state index contributed by atoms with van der Waals surface area (Å²) in [5.41, 5.74) is 0. The van der Waals surface area contributed by atoms with Crippen molar-refractivity contribution in [3.63, 3.8) is 0 Å². The summed E-state index contributed by atoms with van der Waals surface area (Å²) >= 11 is 0. The normalized spacial score (nSPS) is 17.8. The molecule has 1 saturated heterocycles. The summed E-state index contributed by atoms with van der Waals surface area (Å²) in [5.74, 6) is 1.28. The molecule has 0 saturated carbocycles. The Morgan fingerprint density at radius 3 is 2.55 bits per heavy atom. The van der Waals surface area contributed by atoms with Crippen molar-refractivity contribution >= 4 is 9.84 Å². The number of ether oxygens (including phenoxy) is 1. The molecule has 1 aliphatic heterocycles. The Kier molecular flexibility index (Phi) is 5.23. The number of rotatable bonds is 6. The van der Waals surface area contributed by atoms with E-state index in [0.717, 1.165) is 5.76 Å². The molecule has 20 heavy (non-hydrogen) atoms. The van der Waals surface area contributed by atoms with E-state index >= 15 is 0 Å². The van der Waals surface area contributed by atoms with Crippen LogP contribution in [0.2, 0.25) is 0 Å². The van der Waals surface area contributed by atoms with Crippen LogP contribution in [0.15, 0.2) is 16.5 Å². The van der Waals surface area contributed by atoms with Crippen LogP contribution < -0.4 is 5.32 Å². The van der Waals surface area contributed by atoms with Gasteiger partial charge in [-0.05, 0) is 25.0 Å². The second kappa shape index (κ2) is 6.74. The van der Waals surface area contributed by atoms with Gasteiger partial charge in [0.2, 0.25) is 0 Å². The zero-order valence-corrected chi connectivity index (χ0v) is 12.9. The number of furan rings is 1. The summed E-state index contributed by atoms with van der Waals surface area (Å²) in [4.78, 5) is 0. The maximum atomic E-state index is 12.3. The van der Waals surface area contributed by atoms with Gasteiger partial charge in [0.15, 0.2) is 9.84 Å². The van der Waals surface area contributed by atoms with Crippen molar-refractivity contribution in [1.29, 1.82) is 0 Å². The maximum absolute atomic E-state index is 12.3. The molecule has 1 aliphatic rings. The molecule has 5 nitrogen and oxygen atoms in total. The molecule has 6 heteroatoms. The van der Waals surface area contributed by atoms with Crippen LogP contribution in [0.4, 0.5) is 0 Å². The predicted molar refractivity (Wildman–Crippen MR) is 77.1 cm³/mol. The first kappa shape index (κ1) is 15.5. The summed E-state index contributed by atoms with van der Waals surface area (Å²) in [6.45, 7) is 5.80. The van der Waals surface area contributed by atoms with E-state index in [2.05, 4.69) is 19.2 Å². The minimum Gasteiger partial charge on any atom is -0.464 e. The van der Waals surface area contributed by atoms with Crippen LogP contribution in [0.5, 0.6) is 0 Å². The third-order valence-electron chi connectivity index (χ3n) is 3.42. The maximum Gasteiger partial charge on any atom is 0.160 e. The molecule has 114 valence electrons. The van der Waals surface area contributed by atoms with Crippen molar-refractivity contribution in [1.82, 2.24) is 5.32 Å². The average Bonchev–Trinajstić information content (AvgIpc) is 2.84. The molecule has 1 aromatic rings. The Labute approximate surface area is 120 Å². The molecule has 0 atom stereocenters. The van der Waals surface area contributed by atoms with Gasteiger partial charge in [0, 0.05) is 19.3 Å². The minimum absolute atomic E-state index is 0.0145. The fourth-order valence-electron chi connectivity index (χ4n) is 2.25. The lowest BCUT2D eigenvalue weighted by atomic mass is 10.2. The van der Waals surface area contributed by atoms with Crippen LogP contribution in [0.3, 0.4) is 0 Å². The second-order valence-electron chi connectivity index (χ2n) is 5.52. The Bertz CT molecular complexity index is 515. The van der Waals surface area contributed by atoms with Crippen LogP contribution in [0.1, 0.15) is 38.2 Å². The Hall–Kier alpha value is -0.850. The van der Waals surface area contributed by atoms with Crippen molar-refractivity contribution in [2.75, 3.05) is 13.2 Å². The van der Waals surface area contributed by atoms with Crippen LogP contribution in [0, 0.1) is 0 Å². The van der Waals surface area contributed by atoms with Crippen LogP contribution in [0.25, 0.3) is 0 Å². The Morgan fingerprint density at radius 2 is 1.90 bits per heavy atom. The highest BCUT2D eigenvalue weighted by molar-refractivity contribution is 7.91. The van der Waals surface area contributed by atoms with Gasteiger partial charge < -0.3 is 14.5 Å². The third kappa shape index (κ3) is 4.33. The fraction of sp³-hybridized carbons (Fsp3) is 0.714. The zero-order valence-electron chi connectivity index (χ0n) is 12.1. The first-order valence-electron chi connectivity index (χ1n) is 7.07. The number of hydrogen-bond acceptors (Lipinski definition) is 5. The highest BCUT2D eigenvalue weighted by Gasteiger charge is 2.28. The molecule has 2 rings (SSSR count). The Morgan fingerprint density at radius 1 is 1.25 bits per heavy atom. The molecule has 0 unspecified atom stereocenters. The molecule has 1 N–H and O–H groups in total. The Balaban J connectivity index is 1.95. The quantitative estimate of drug-likeness (QED) is 0.868. The van der Waals surface area contributed by atoms with Crippen molar-refractivity contribution in [3.05, 3.63) is 23.7 Å². The molecule has 0 radical (unpaired) electrons. The van der Waals surface area contributed by atoms with Gasteiger partial charge in [0.25, 0.3) is 0 Å². The van der Waals surface area contributed by atoms with E-state index in [9.17, 15) is 8.42 Å². The summed E-state index contributed by atoms with van der Waals surface area (Å²) < 4.78 is 35.4. The van der Waals surface area contributed by atoms with Crippen molar-refractivity contribution in [2.24, 2.45) is 0 Å². The lowest BCUT2D eigenvalue weighted by Gasteiger charge is -2.21. The predicted octanol–water partition coefficient (Wildman–Crippen LogP) is 1.87. The average molecular weight is 301 g/mol. The smallest absolute Gasteiger partial charge is 0.160 e. The van der Waals surface area contributed by atoms with Crippen molar-refractivity contribution in [3.8, 4) is 0 Å². The summed E-state index contributed by atoms with van der Waals surface area (Å²) in [6, 6.07) is 3.97. The number of nitrogens with one attached hydrogen (secondary N) is 1. The van der Waals surface area contributed by atoms with E-state index in [1.54, 1.807) is 6.07 Å². The molecule has 0 spiro atoms. The lowest BCUT2D eigenvalue weighted by molar-refractivity contribution is 0.0983. The van der Waals surface area contributed by atoms with Gasteiger partial charge in [-0.2, -0.15) is 0 Å². The van der Waals surface area contributed by atoms with E-state index in [1.165, 1.54) is 0 Å². The van der Waals surface area contributed by atoms with E-state index in [0.29, 0.717) is 44.4 Å². The molecule has 0 aliphatic carbocycles. The van der Waals surface area contributed by atoms with Gasteiger partial charge in [-0.1, -0.05) is 13.8 Å². The largest absolute Gasteiger partial charge is 0.464 e. The van der Waals surface area contributed by atoms with Gasteiger partial charge in [0.05, 0.1) is 11.8 Å². The number of sulfone groups is 1. The standard InChI is InChI=1S/C14H23NO4S/c1-11(2)15-9-12-3-4-13(19-12)10-20(16,17)14-5-7-18-8-6-14/h3-4,11,14-15H,5-10H2,1-2H3. The van der Waals surface area contributed by atoms with Crippen molar-refractivity contribution < 1.29 is 17.6 Å². The fourth-order valence-corrected chi connectivity index (χ4v) is 3.95. The lowest BCUT2D eigenvalue weighted by Crippen LogP contribution is -2.29. The molecule has 2 heterocycles. The molecule has 0 aromatic carbocycles. The molecule has 0 bridgehead atoms.